The zero-order valence-corrected chi connectivity index (χ0v) is 20.3. The lowest BCUT2D eigenvalue weighted by atomic mass is 10.1. The Morgan fingerprint density at radius 2 is 1.89 bits per heavy atom. The van der Waals surface area contributed by atoms with Crippen LogP contribution < -0.4 is 4.74 Å². The molecular weight excluding hydrogens is 456 g/mol. The molecule has 2 N–H and O–H groups in total. The number of H-pyrrole nitrogens is 2. The van der Waals surface area contributed by atoms with Gasteiger partial charge in [-0.25, -0.2) is 0 Å². The molecule has 2 aromatic carbocycles. The Morgan fingerprint density at radius 1 is 1.00 bits per heavy atom. The summed E-state index contributed by atoms with van der Waals surface area (Å²) < 4.78 is 5.45. The van der Waals surface area contributed by atoms with Crippen molar-refractivity contribution < 1.29 is 9.53 Å². The average molecular weight is 479 g/mol. The molecule has 0 aliphatic carbocycles. The van der Waals surface area contributed by atoms with E-state index in [4.69, 9.17) is 4.74 Å². The van der Waals surface area contributed by atoms with Crippen LogP contribution in [0.25, 0.3) is 54.9 Å². The van der Waals surface area contributed by atoms with Gasteiger partial charge in [0.2, 0.25) is 0 Å². The molecule has 35 heavy (non-hydrogen) atoms. The standard InChI is InChI=1S/C28H22N4O2S/c1-15-9-17(11-18(10-15)34-3)23-13-21-25(14-29-23)31-32-28(21)24-12-20-19(5-4-6-22(20)30-24)27-8-7-26(35-27)16(2)33/h4-14,30H,1-3H3,(H,31,32). The number of pyridine rings is 1. The molecule has 6 nitrogen and oxygen atoms in total. The molecule has 6 rings (SSSR count). The number of hydrogen-bond donors (Lipinski definition) is 2. The van der Waals surface area contributed by atoms with Crippen molar-refractivity contribution in [1.29, 1.82) is 0 Å². The normalized spacial score (nSPS) is 11.4. The van der Waals surface area contributed by atoms with Gasteiger partial charge in [0.05, 0.1) is 35.1 Å². The van der Waals surface area contributed by atoms with E-state index in [-0.39, 0.29) is 5.78 Å². The smallest absolute Gasteiger partial charge is 0.169 e. The van der Waals surface area contributed by atoms with E-state index >= 15 is 0 Å². The highest BCUT2D eigenvalue weighted by Crippen LogP contribution is 2.37. The summed E-state index contributed by atoms with van der Waals surface area (Å²) in [7, 11) is 1.67. The number of nitrogens with one attached hydrogen (secondary N) is 2. The van der Waals surface area contributed by atoms with E-state index in [1.807, 2.05) is 43.5 Å². The van der Waals surface area contributed by atoms with Crippen LogP contribution in [0.4, 0.5) is 0 Å². The second kappa shape index (κ2) is 8.21. The molecule has 0 aliphatic rings. The van der Waals surface area contributed by atoms with Gasteiger partial charge in [-0.3, -0.25) is 14.9 Å². The summed E-state index contributed by atoms with van der Waals surface area (Å²) >= 11 is 1.52. The molecule has 6 aromatic rings. The highest BCUT2D eigenvalue weighted by Gasteiger charge is 2.16. The summed E-state index contributed by atoms with van der Waals surface area (Å²) in [5.41, 5.74) is 7.69. The second-order valence-electron chi connectivity index (χ2n) is 8.60. The van der Waals surface area contributed by atoms with Crippen LogP contribution in [0.5, 0.6) is 5.75 Å². The van der Waals surface area contributed by atoms with Crippen molar-refractivity contribution in [1.82, 2.24) is 20.2 Å². The summed E-state index contributed by atoms with van der Waals surface area (Å²) in [6.07, 6.45) is 1.82. The first kappa shape index (κ1) is 21.3. The zero-order chi connectivity index (χ0) is 24.1. The number of ether oxygens (including phenoxy) is 1. The van der Waals surface area contributed by atoms with Crippen LogP contribution in [0, 0.1) is 6.92 Å². The van der Waals surface area contributed by atoms with Gasteiger partial charge < -0.3 is 9.72 Å². The van der Waals surface area contributed by atoms with Crippen molar-refractivity contribution in [3.8, 4) is 38.8 Å². The van der Waals surface area contributed by atoms with E-state index < -0.39 is 0 Å². The summed E-state index contributed by atoms with van der Waals surface area (Å²) in [6.45, 7) is 3.64. The van der Waals surface area contributed by atoms with Gasteiger partial charge in [-0.15, -0.1) is 11.3 Å². The number of ketones is 1. The van der Waals surface area contributed by atoms with Crippen LogP contribution in [0.2, 0.25) is 0 Å². The van der Waals surface area contributed by atoms with E-state index in [9.17, 15) is 4.79 Å². The van der Waals surface area contributed by atoms with E-state index in [1.165, 1.54) is 11.3 Å². The van der Waals surface area contributed by atoms with Crippen LogP contribution in [0.1, 0.15) is 22.2 Å². The van der Waals surface area contributed by atoms with E-state index in [0.29, 0.717) is 0 Å². The molecular formula is C28H22N4O2S. The molecule has 0 aliphatic heterocycles. The molecule has 4 aromatic heterocycles. The Hall–Kier alpha value is -4.23. The van der Waals surface area contributed by atoms with Crippen LogP contribution in [0.15, 0.2) is 66.9 Å². The van der Waals surface area contributed by atoms with Gasteiger partial charge in [0.1, 0.15) is 11.4 Å². The number of rotatable bonds is 5. The lowest BCUT2D eigenvalue weighted by Gasteiger charge is -2.07. The van der Waals surface area contributed by atoms with Crippen molar-refractivity contribution in [2.24, 2.45) is 0 Å². The van der Waals surface area contributed by atoms with E-state index in [1.54, 1.807) is 14.0 Å². The number of hydrogen-bond acceptors (Lipinski definition) is 5. The Bertz CT molecular complexity index is 1740. The number of aromatic amines is 2. The van der Waals surface area contributed by atoms with Crippen LogP contribution in [0.3, 0.4) is 0 Å². The van der Waals surface area contributed by atoms with Crippen LogP contribution >= 0.6 is 11.3 Å². The number of nitrogens with zero attached hydrogens (tertiary/aromatic N) is 2. The second-order valence-corrected chi connectivity index (χ2v) is 9.68. The van der Waals surface area contributed by atoms with Gasteiger partial charge in [0.25, 0.3) is 0 Å². The number of aryl methyl sites for hydroxylation is 1. The number of fused-ring (bicyclic) bond motifs is 2. The molecule has 0 saturated carbocycles. The number of methoxy groups -OCH3 is 1. The summed E-state index contributed by atoms with van der Waals surface area (Å²) in [5, 5.41) is 9.80. The minimum Gasteiger partial charge on any atom is -0.497 e. The Kier molecular flexibility index (Phi) is 5.00. The topological polar surface area (TPSA) is 83.7 Å². The predicted molar refractivity (Wildman–Crippen MR) is 141 cm³/mol. The highest BCUT2D eigenvalue weighted by molar-refractivity contribution is 7.17. The molecule has 0 radical (unpaired) electrons. The van der Waals surface area contributed by atoms with Gasteiger partial charge in [-0.2, -0.15) is 5.10 Å². The molecule has 0 bridgehead atoms. The fourth-order valence-corrected chi connectivity index (χ4v) is 5.40. The molecule has 172 valence electrons. The van der Waals surface area contributed by atoms with Gasteiger partial charge in [-0.05, 0) is 67.9 Å². The van der Waals surface area contributed by atoms with Gasteiger partial charge in [0, 0.05) is 32.3 Å². The molecule has 0 unspecified atom stereocenters. The van der Waals surface area contributed by atoms with Gasteiger partial charge in [0.15, 0.2) is 5.78 Å². The van der Waals surface area contributed by atoms with Crippen molar-refractivity contribution in [3.05, 3.63) is 77.3 Å². The first-order valence-electron chi connectivity index (χ1n) is 11.2. The van der Waals surface area contributed by atoms with Gasteiger partial charge in [-0.1, -0.05) is 12.1 Å². The largest absolute Gasteiger partial charge is 0.497 e. The van der Waals surface area contributed by atoms with Crippen molar-refractivity contribution in [2.45, 2.75) is 13.8 Å². The lowest BCUT2D eigenvalue weighted by molar-refractivity contribution is 0.102. The third-order valence-electron chi connectivity index (χ3n) is 6.17. The number of carbonyl (C=O) groups excluding carboxylic acids is 1. The number of benzene rings is 2. The predicted octanol–water partition coefficient (Wildman–Crippen LogP) is 7.02. The summed E-state index contributed by atoms with van der Waals surface area (Å²) in [5.74, 6) is 0.890. The number of thiophene rings is 1. The maximum absolute atomic E-state index is 11.8. The maximum Gasteiger partial charge on any atom is 0.169 e. The third kappa shape index (κ3) is 3.70. The zero-order valence-electron chi connectivity index (χ0n) is 19.5. The van der Waals surface area contributed by atoms with Crippen molar-refractivity contribution in [3.63, 3.8) is 0 Å². The SMILES string of the molecule is COc1cc(C)cc(-c2cc3c(-c4cc5c(-c6ccc(C(C)=O)s6)cccc5[nH]4)n[nH]c3cn2)c1. The first-order chi connectivity index (χ1) is 17.0. The average Bonchev–Trinajstić information content (AvgIpc) is 3.60. The monoisotopic (exact) mass is 478 g/mol. The number of aromatic nitrogens is 4. The quantitative estimate of drug-likeness (QED) is 0.261. The maximum atomic E-state index is 11.8. The minimum atomic E-state index is 0.0850. The number of Topliss-reactive ketones (excluding diaryl/α,β-unsaturated/α-hetero) is 1. The van der Waals surface area contributed by atoms with Gasteiger partial charge >= 0.3 is 0 Å². The lowest BCUT2D eigenvalue weighted by Crippen LogP contribution is -1.89. The molecule has 0 spiro atoms. The Balaban J connectivity index is 1.47. The number of carbonyl (C=O) groups is 1. The van der Waals surface area contributed by atoms with Crippen LogP contribution in [-0.2, 0) is 0 Å². The highest BCUT2D eigenvalue weighted by atomic mass is 32.1. The third-order valence-corrected chi connectivity index (χ3v) is 7.39. The molecule has 0 amide bonds. The van der Waals surface area contributed by atoms with E-state index in [2.05, 4.69) is 50.5 Å². The molecule has 0 fully saturated rings. The minimum absolute atomic E-state index is 0.0850. The van der Waals surface area contributed by atoms with Crippen LogP contribution in [-0.4, -0.2) is 33.1 Å². The molecule has 0 saturated heterocycles. The molecule has 4 heterocycles. The summed E-state index contributed by atoms with van der Waals surface area (Å²) in [4.78, 5) is 21.8. The Labute approximate surface area is 205 Å². The fourth-order valence-electron chi connectivity index (χ4n) is 4.46. The molecule has 0 atom stereocenters. The van der Waals surface area contributed by atoms with E-state index in [0.717, 1.165) is 71.1 Å². The Morgan fingerprint density at radius 3 is 2.69 bits per heavy atom. The van der Waals surface area contributed by atoms with Crippen molar-refractivity contribution in [2.75, 3.05) is 7.11 Å². The van der Waals surface area contributed by atoms with Crippen molar-refractivity contribution >= 4 is 38.9 Å². The fraction of sp³-hybridized carbons (Fsp3) is 0.107. The first-order valence-corrected chi connectivity index (χ1v) is 12.1. The molecule has 7 heteroatoms. The summed E-state index contributed by atoms with van der Waals surface area (Å²) in [6, 6.07) is 20.4.